The van der Waals surface area contributed by atoms with E-state index in [2.05, 4.69) is 0 Å². The summed E-state index contributed by atoms with van der Waals surface area (Å²) in [5.74, 6) is 0.108. The van der Waals surface area contributed by atoms with Gasteiger partial charge >= 0.3 is 0 Å². The second kappa shape index (κ2) is 6.40. The minimum Gasteiger partial charge on any atom is -0.393 e. The largest absolute Gasteiger partial charge is 0.393 e. The predicted molar refractivity (Wildman–Crippen MR) is 67.3 cm³/mol. The molecule has 1 unspecified atom stereocenters. The lowest BCUT2D eigenvalue weighted by atomic mass is 10.2. The summed E-state index contributed by atoms with van der Waals surface area (Å²) in [6, 6.07) is 0. The fourth-order valence-electron chi connectivity index (χ4n) is 1.22. The molecule has 0 saturated heterocycles. The zero-order valence-corrected chi connectivity index (χ0v) is 11.2. The number of thiocarbonyl (C=S) groups is 1. The standard InChI is InChI=1S/C9H20N2O2S2/c1-4-6-15(12,13)11(5-2)7-8(3)9(10)14/h8H,4-7H2,1-3H3,(H2,10,14). The smallest absolute Gasteiger partial charge is 0.214 e. The highest BCUT2D eigenvalue weighted by Gasteiger charge is 2.22. The van der Waals surface area contributed by atoms with Gasteiger partial charge in [-0.05, 0) is 6.42 Å². The van der Waals surface area contributed by atoms with Crippen molar-refractivity contribution in [2.24, 2.45) is 11.7 Å². The molecule has 0 aromatic carbocycles. The van der Waals surface area contributed by atoms with Crippen molar-refractivity contribution in [2.75, 3.05) is 18.8 Å². The van der Waals surface area contributed by atoms with Gasteiger partial charge in [0.15, 0.2) is 0 Å². The van der Waals surface area contributed by atoms with Gasteiger partial charge in [0.25, 0.3) is 0 Å². The molecule has 0 rings (SSSR count). The van der Waals surface area contributed by atoms with Crippen molar-refractivity contribution >= 4 is 27.2 Å². The second-order valence-corrected chi connectivity index (χ2v) is 6.13. The average Bonchev–Trinajstić information content (AvgIpc) is 2.12. The van der Waals surface area contributed by atoms with Crippen LogP contribution in [-0.4, -0.2) is 36.6 Å². The molecule has 0 aliphatic heterocycles. The summed E-state index contributed by atoms with van der Waals surface area (Å²) in [7, 11) is -3.13. The first-order valence-electron chi connectivity index (χ1n) is 5.12. The SMILES string of the molecule is CCCS(=O)(=O)N(CC)CC(C)C(N)=S. The highest BCUT2D eigenvalue weighted by Crippen LogP contribution is 2.08. The minimum absolute atomic E-state index is 0.0772. The van der Waals surface area contributed by atoms with Crippen molar-refractivity contribution in [3.05, 3.63) is 0 Å². The lowest BCUT2D eigenvalue weighted by molar-refractivity contribution is 0.405. The third kappa shape index (κ3) is 4.90. The molecule has 4 nitrogen and oxygen atoms in total. The lowest BCUT2D eigenvalue weighted by Crippen LogP contribution is -2.39. The molecule has 0 heterocycles. The number of hydrogen-bond acceptors (Lipinski definition) is 3. The normalized spacial score (nSPS) is 14.1. The molecule has 0 saturated carbocycles. The summed E-state index contributed by atoms with van der Waals surface area (Å²) in [6.45, 7) is 6.36. The fraction of sp³-hybridized carbons (Fsp3) is 0.889. The molecule has 0 spiro atoms. The van der Waals surface area contributed by atoms with Crippen molar-refractivity contribution in [3.8, 4) is 0 Å². The topological polar surface area (TPSA) is 63.4 Å². The van der Waals surface area contributed by atoms with Crippen molar-refractivity contribution in [1.82, 2.24) is 4.31 Å². The molecule has 0 aliphatic carbocycles. The van der Waals surface area contributed by atoms with Crippen molar-refractivity contribution in [3.63, 3.8) is 0 Å². The van der Waals surface area contributed by atoms with Crippen LogP contribution in [0.5, 0.6) is 0 Å². The van der Waals surface area contributed by atoms with Gasteiger partial charge in [-0.2, -0.15) is 0 Å². The Morgan fingerprint density at radius 2 is 2.00 bits per heavy atom. The molecular formula is C9H20N2O2S2. The number of nitrogens with two attached hydrogens (primary N) is 1. The maximum absolute atomic E-state index is 11.8. The zero-order valence-electron chi connectivity index (χ0n) is 9.56. The molecule has 0 fully saturated rings. The molecule has 0 amide bonds. The van der Waals surface area contributed by atoms with Gasteiger partial charge in [0.2, 0.25) is 10.0 Å². The molecule has 1 atom stereocenters. The maximum atomic E-state index is 11.8. The summed E-state index contributed by atoms with van der Waals surface area (Å²) in [4.78, 5) is 0.361. The van der Waals surface area contributed by atoms with E-state index in [0.717, 1.165) is 0 Å². The van der Waals surface area contributed by atoms with Crippen molar-refractivity contribution in [2.45, 2.75) is 27.2 Å². The average molecular weight is 252 g/mol. The Balaban J connectivity index is 4.57. The Kier molecular flexibility index (Phi) is 6.31. The molecule has 2 N–H and O–H groups in total. The van der Waals surface area contributed by atoms with Crippen LogP contribution in [0.1, 0.15) is 27.2 Å². The second-order valence-electron chi connectivity index (χ2n) is 3.57. The van der Waals surface area contributed by atoms with Crippen LogP contribution in [0.4, 0.5) is 0 Å². The summed E-state index contributed by atoms with van der Waals surface area (Å²) in [6.07, 6.45) is 0.625. The van der Waals surface area contributed by atoms with Crippen LogP contribution in [-0.2, 0) is 10.0 Å². The van der Waals surface area contributed by atoms with E-state index < -0.39 is 10.0 Å². The third-order valence-electron chi connectivity index (χ3n) is 2.17. The van der Waals surface area contributed by atoms with E-state index in [1.165, 1.54) is 4.31 Å². The minimum atomic E-state index is -3.13. The van der Waals surface area contributed by atoms with E-state index >= 15 is 0 Å². The first-order chi connectivity index (χ1) is 6.85. The molecular weight excluding hydrogens is 232 g/mol. The summed E-state index contributed by atoms with van der Waals surface area (Å²) in [5, 5.41) is 0. The number of hydrogen-bond donors (Lipinski definition) is 1. The van der Waals surface area contributed by atoms with E-state index in [9.17, 15) is 8.42 Å². The van der Waals surface area contributed by atoms with Crippen molar-refractivity contribution in [1.29, 1.82) is 0 Å². The predicted octanol–water partition coefficient (Wildman–Crippen LogP) is 0.970. The molecule has 15 heavy (non-hydrogen) atoms. The quantitative estimate of drug-likeness (QED) is 0.686. The van der Waals surface area contributed by atoms with Crippen LogP contribution in [0, 0.1) is 5.92 Å². The van der Waals surface area contributed by atoms with Crippen LogP contribution >= 0.6 is 12.2 Å². The Labute approximate surface area is 97.9 Å². The van der Waals surface area contributed by atoms with Gasteiger partial charge in [0.1, 0.15) is 0 Å². The Hall–Kier alpha value is -0.200. The van der Waals surface area contributed by atoms with E-state index in [4.69, 9.17) is 18.0 Å². The monoisotopic (exact) mass is 252 g/mol. The first kappa shape index (κ1) is 14.8. The number of rotatable bonds is 7. The van der Waals surface area contributed by atoms with Gasteiger partial charge in [0.05, 0.1) is 10.7 Å². The van der Waals surface area contributed by atoms with Gasteiger partial charge in [0, 0.05) is 19.0 Å². The Bertz CT molecular complexity index is 301. The van der Waals surface area contributed by atoms with Crippen LogP contribution in [0.2, 0.25) is 0 Å². The maximum Gasteiger partial charge on any atom is 0.214 e. The first-order valence-corrected chi connectivity index (χ1v) is 7.14. The number of nitrogens with zero attached hydrogens (tertiary/aromatic N) is 1. The molecule has 0 aliphatic rings. The molecule has 0 aromatic heterocycles. The van der Waals surface area contributed by atoms with Crippen LogP contribution in [0.25, 0.3) is 0 Å². The van der Waals surface area contributed by atoms with E-state index in [1.807, 2.05) is 20.8 Å². The van der Waals surface area contributed by atoms with E-state index in [1.54, 1.807) is 0 Å². The summed E-state index contributed by atoms with van der Waals surface area (Å²) >= 11 is 4.83. The van der Waals surface area contributed by atoms with Gasteiger partial charge in [-0.15, -0.1) is 0 Å². The Morgan fingerprint density at radius 1 is 1.47 bits per heavy atom. The van der Waals surface area contributed by atoms with Crippen LogP contribution in [0.3, 0.4) is 0 Å². The molecule has 0 radical (unpaired) electrons. The van der Waals surface area contributed by atoms with Crippen LogP contribution < -0.4 is 5.73 Å². The molecule has 0 aromatic rings. The van der Waals surface area contributed by atoms with Gasteiger partial charge < -0.3 is 5.73 Å². The highest BCUT2D eigenvalue weighted by molar-refractivity contribution is 7.89. The van der Waals surface area contributed by atoms with Gasteiger partial charge in [-0.3, -0.25) is 0 Å². The lowest BCUT2D eigenvalue weighted by Gasteiger charge is -2.23. The van der Waals surface area contributed by atoms with Gasteiger partial charge in [-0.1, -0.05) is 33.0 Å². The van der Waals surface area contributed by atoms with Crippen molar-refractivity contribution < 1.29 is 8.42 Å². The van der Waals surface area contributed by atoms with Gasteiger partial charge in [-0.25, -0.2) is 12.7 Å². The molecule has 0 bridgehead atoms. The molecule has 90 valence electrons. The molecule has 6 heteroatoms. The zero-order chi connectivity index (χ0) is 12.1. The Morgan fingerprint density at radius 3 is 2.33 bits per heavy atom. The summed E-state index contributed by atoms with van der Waals surface area (Å²) < 4.78 is 25.0. The van der Waals surface area contributed by atoms with Crippen LogP contribution in [0.15, 0.2) is 0 Å². The fourth-order valence-corrected chi connectivity index (χ4v) is 2.91. The van der Waals surface area contributed by atoms with E-state index in [0.29, 0.717) is 24.5 Å². The highest BCUT2D eigenvalue weighted by atomic mass is 32.2. The summed E-state index contributed by atoms with van der Waals surface area (Å²) in [5.41, 5.74) is 5.47. The van der Waals surface area contributed by atoms with E-state index in [-0.39, 0.29) is 11.7 Å². The number of sulfonamides is 1. The third-order valence-corrected chi connectivity index (χ3v) is 4.69.